The molecule has 0 atom stereocenters. The van der Waals surface area contributed by atoms with Crippen LogP contribution in [0, 0.1) is 5.92 Å². The van der Waals surface area contributed by atoms with Gasteiger partial charge in [-0.15, -0.1) is 0 Å². The van der Waals surface area contributed by atoms with Crippen LogP contribution in [0.15, 0.2) is 24.3 Å². The molecule has 1 saturated heterocycles. The SMILES string of the molecule is O=C(O)C1CCC(NC(=O)N2CC(c3ccc(Cl)cc3)C2)CC1. The second-order valence-electron chi connectivity index (χ2n) is 6.49. The van der Waals surface area contributed by atoms with Gasteiger partial charge in [0.1, 0.15) is 0 Å². The molecule has 0 unspecified atom stereocenters. The molecule has 2 fully saturated rings. The van der Waals surface area contributed by atoms with Gasteiger partial charge in [0.25, 0.3) is 0 Å². The standard InChI is InChI=1S/C17H21ClN2O3/c18-14-5-1-11(2-6-14)13-9-20(10-13)17(23)19-15-7-3-12(4-8-15)16(21)22/h1-2,5-6,12-13,15H,3-4,7-10H2,(H,19,23)(H,21,22). The second kappa shape index (κ2) is 6.79. The number of likely N-dealkylation sites (tertiary alicyclic amines) is 1. The zero-order valence-electron chi connectivity index (χ0n) is 12.9. The van der Waals surface area contributed by atoms with Crippen LogP contribution in [-0.4, -0.2) is 41.1 Å². The Morgan fingerprint density at radius 3 is 2.26 bits per heavy atom. The number of nitrogens with zero attached hydrogens (tertiary/aromatic N) is 1. The van der Waals surface area contributed by atoms with Crippen LogP contribution in [0.25, 0.3) is 0 Å². The summed E-state index contributed by atoms with van der Waals surface area (Å²) in [6.45, 7) is 1.44. The Bertz CT molecular complexity index is 576. The number of carboxylic acid groups (broad SMARTS) is 1. The Morgan fingerprint density at radius 1 is 1.09 bits per heavy atom. The molecule has 124 valence electrons. The lowest BCUT2D eigenvalue weighted by Crippen LogP contribution is -2.54. The van der Waals surface area contributed by atoms with Crippen LogP contribution in [0.4, 0.5) is 4.79 Å². The molecule has 2 amide bonds. The zero-order chi connectivity index (χ0) is 16.4. The Kier molecular flexibility index (Phi) is 4.76. The van der Waals surface area contributed by atoms with Crippen molar-refractivity contribution in [1.29, 1.82) is 0 Å². The van der Waals surface area contributed by atoms with Crippen molar-refractivity contribution in [2.75, 3.05) is 13.1 Å². The van der Waals surface area contributed by atoms with Crippen LogP contribution in [0.3, 0.4) is 0 Å². The van der Waals surface area contributed by atoms with E-state index in [1.54, 1.807) is 0 Å². The number of urea groups is 1. The fraction of sp³-hybridized carbons (Fsp3) is 0.529. The van der Waals surface area contributed by atoms with Gasteiger partial charge in [-0.25, -0.2) is 4.79 Å². The molecule has 0 bridgehead atoms. The zero-order valence-corrected chi connectivity index (χ0v) is 13.6. The van der Waals surface area contributed by atoms with Gasteiger partial charge >= 0.3 is 12.0 Å². The normalized spacial score (nSPS) is 24.8. The second-order valence-corrected chi connectivity index (χ2v) is 6.93. The highest BCUT2D eigenvalue weighted by molar-refractivity contribution is 6.30. The smallest absolute Gasteiger partial charge is 0.317 e. The van der Waals surface area contributed by atoms with Crippen LogP contribution in [0.2, 0.25) is 5.02 Å². The molecule has 2 aliphatic rings. The molecule has 0 aromatic heterocycles. The van der Waals surface area contributed by atoms with Crippen LogP contribution < -0.4 is 5.32 Å². The summed E-state index contributed by atoms with van der Waals surface area (Å²) in [6, 6.07) is 7.84. The molecule has 2 N–H and O–H groups in total. The number of carbonyl (C=O) groups excluding carboxylic acids is 1. The van der Waals surface area contributed by atoms with Gasteiger partial charge in [-0.2, -0.15) is 0 Å². The highest BCUT2D eigenvalue weighted by atomic mass is 35.5. The summed E-state index contributed by atoms with van der Waals surface area (Å²) in [4.78, 5) is 25.0. The number of hydrogen-bond donors (Lipinski definition) is 2. The maximum absolute atomic E-state index is 12.2. The van der Waals surface area contributed by atoms with Crippen LogP contribution in [0.5, 0.6) is 0 Å². The minimum Gasteiger partial charge on any atom is -0.481 e. The van der Waals surface area contributed by atoms with E-state index in [0.717, 1.165) is 31.0 Å². The van der Waals surface area contributed by atoms with Gasteiger partial charge in [0.05, 0.1) is 5.92 Å². The molecule has 5 nitrogen and oxygen atoms in total. The molecule has 1 aliphatic heterocycles. The molecule has 23 heavy (non-hydrogen) atoms. The van der Waals surface area contributed by atoms with Gasteiger partial charge in [-0.05, 0) is 43.4 Å². The topological polar surface area (TPSA) is 69.6 Å². The number of hydrogen-bond acceptors (Lipinski definition) is 2. The summed E-state index contributed by atoms with van der Waals surface area (Å²) in [5.74, 6) is -0.592. The minimum atomic E-state index is -0.719. The average Bonchev–Trinajstić information content (AvgIpc) is 2.48. The van der Waals surface area contributed by atoms with E-state index in [4.69, 9.17) is 16.7 Å². The van der Waals surface area contributed by atoms with Gasteiger partial charge in [0, 0.05) is 30.1 Å². The van der Waals surface area contributed by atoms with Crippen molar-refractivity contribution >= 4 is 23.6 Å². The molecule has 6 heteroatoms. The summed E-state index contributed by atoms with van der Waals surface area (Å²) in [5.41, 5.74) is 1.21. The predicted octanol–water partition coefficient (Wildman–Crippen LogP) is 3.09. The van der Waals surface area contributed by atoms with Gasteiger partial charge in [-0.1, -0.05) is 23.7 Å². The third kappa shape index (κ3) is 3.78. The lowest BCUT2D eigenvalue weighted by atomic mass is 9.86. The molecule has 1 saturated carbocycles. The van der Waals surface area contributed by atoms with E-state index < -0.39 is 5.97 Å². The first kappa shape index (κ1) is 16.1. The van der Waals surface area contributed by atoms with Crippen molar-refractivity contribution in [2.24, 2.45) is 5.92 Å². The van der Waals surface area contributed by atoms with Crippen molar-refractivity contribution in [1.82, 2.24) is 10.2 Å². The summed E-state index contributed by atoms with van der Waals surface area (Å²) in [5, 5.41) is 12.7. The number of rotatable bonds is 3. The van der Waals surface area contributed by atoms with Crippen molar-refractivity contribution in [3.8, 4) is 0 Å². The first-order chi connectivity index (χ1) is 11.0. The van der Waals surface area contributed by atoms with Crippen LogP contribution in [0.1, 0.15) is 37.2 Å². The number of carbonyl (C=O) groups is 2. The fourth-order valence-corrected chi connectivity index (χ4v) is 3.47. The molecule has 1 heterocycles. The van der Waals surface area contributed by atoms with Crippen LogP contribution in [-0.2, 0) is 4.79 Å². The van der Waals surface area contributed by atoms with Gasteiger partial charge in [0.15, 0.2) is 0 Å². The lowest BCUT2D eigenvalue weighted by Gasteiger charge is -2.40. The molecule has 1 aliphatic carbocycles. The number of halogens is 1. The number of aliphatic carboxylic acids is 1. The highest BCUT2D eigenvalue weighted by Crippen LogP contribution is 2.29. The first-order valence-corrected chi connectivity index (χ1v) is 8.44. The number of carboxylic acids is 1. The molecule has 3 rings (SSSR count). The molecule has 0 radical (unpaired) electrons. The molecular formula is C17H21ClN2O3. The maximum atomic E-state index is 12.2. The van der Waals surface area contributed by atoms with Gasteiger partial charge in [0.2, 0.25) is 0 Å². The van der Waals surface area contributed by atoms with Gasteiger partial charge in [-0.3, -0.25) is 4.79 Å². The number of benzene rings is 1. The molecular weight excluding hydrogens is 316 g/mol. The van der Waals surface area contributed by atoms with Crippen molar-refractivity contribution in [3.05, 3.63) is 34.9 Å². The third-order valence-corrected chi connectivity index (χ3v) is 5.17. The van der Waals surface area contributed by atoms with Crippen molar-refractivity contribution in [3.63, 3.8) is 0 Å². The van der Waals surface area contributed by atoms with Gasteiger partial charge < -0.3 is 15.3 Å². The summed E-state index contributed by atoms with van der Waals surface area (Å²) >= 11 is 5.88. The summed E-state index contributed by atoms with van der Waals surface area (Å²) < 4.78 is 0. The molecule has 1 aromatic rings. The highest BCUT2D eigenvalue weighted by Gasteiger charge is 2.33. The number of amides is 2. The first-order valence-electron chi connectivity index (χ1n) is 8.06. The lowest BCUT2D eigenvalue weighted by molar-refractivity contribution is -0.142. The van der Waals surface area contributed by atoms with Crippen LogP contribution >= 0.6 is 11.6 Å². The summed E-state index contributed by atoms with van der Waals surface area (Å²) in [7, 11) is 0. The van der Waals surface area contributed by atoms with Crippen molar-refractivity contribution in [2.45, 2.75) is 37.6 Å². The average molecular weight is 337 g/mol. The van der Waals surface area contributed by atoms with E-state index in [1.807, 2.05) is 29.2 Å². The van der Waals surface area contributed by atoms with E-state index in [9.17, 15) is 9.59 Å². The largest absolute Gasteiger partial charge is 0.481 e. The Balaban J connectivity index is 1.43. The Labute approximate surface area is 140 Å². The Morgan fingerprint density at radius 2 is 1.70 bits per heavy atom. The fourth-order valence-electron chi connectivity index (χ4n) is 3.34. The van der Waals surface area contributed by atoms with E-state index in [2.05, 4.69) is 5.32 Å². The number of nitrogens with one attached hydrogen (secondary N) is 1. The van der Waals surface area contributed by atoms with Crippen molar-refractivity contribution < 1.29 is 14.7 Å². The third-order valence-electron chi connectivity index (χ3n) is 4.91. The van der Waals surface area contributed by atoms with E-state index >= 15 is 0 Å². The Hall–Kier alpha value is -1.75. The van der Waals surface area contributed by atoms with E-state index in [-0.39, 0.29) is 18.0 Å². The molecule has 0 spiro atoms. The monoisotopic (exact) mass is 336 g/mol. The maximum Gasteiger partial charge on any atom is 0.317 e. The minimum absolute atomic E-state index is 0.0333. The molecule has 1 aromatic carbocycles. The summed E-state index contributed by atoms with van der Waals surface area (Å²) in [6.07, 6.45) is 2.79. The quantitative estimate of drug-likeness (QED) is 0.891. The predicted molar refractivity (Wildman–Crippen MR) is 87.7 cm³/mol. The van der Waals surface area contributed by atoms with E-state index in [1.165, 1.54) is 5.56 Å². The van der Waals surface area contributed by atoms with E-state index in [0.29, 0.717) is 18.8 Å².